The van der Waals surface area contributed by atoms with Crippen LogP contribution in [-0.2, 0) is 0 Å². The molecule has 0 aliphatic rings. The highest BCUT2D eigenvalue weighted by Crippen LogP contribution is 2.20. The fraction of sp³-hybridized carbons (Fsp3) is 0.158. The first kappa shape index (κ1) is 17.8. The minimum absolute atomic E-state index is 0.0691. The van der Waals surface area contributed by atoms with Crippen molar-refractivity contribution in [2.24, 2.45) is 0 Å². The summed E-state index contributed by atoms with van der Waals surface area (Å²) in [5.41, 5.74) is 2.57. The molecule has 2 heterocycles. The van der Waals surface area contributed by atoms with E-state index in [0.717, 1.165) is 11.1 Å². The molecular formula is C19H18ClN5O. The molecule has 2 aromatic heterocycles. The van der Waals surface area contributed by atoms with E-state index in [9.17, 15) is 4.79 Å². The second-order valence-corrected chi connectivity index (χ2v) is 6.28. The van der Waals surface area contributed by atoms with E-state index in [-0.39, 0.29) is 11.9 Å². The van der Waals surface area contributed by atoms with Crippen LogP contribution in [0.25, 0.3) is 0 Å². The van der Waals surface area contributed by atoms with E-state index in [1.54, 1.807) is 18.5 Å². The van der Waals surface area contributed by atoms with Gasteiger partial charge in [-0.2, -0.15) is 0 Å². The van der Waals surface area contributed by atoms with Crippen molar-refractivity contribution in [3.63, 3.8) is 0 Å². The van der Waals surface area contributed by atoms with Crippen molar-refractivity contribution in [2.45, 2.75) is 19.9 Å². The monoisotopic (exact) mass is 367 g/mol. The van der Waals surface area contributed by atoms with E-state index in [1.165, 1.54) is 6.20 Å². The Kier molecular flexibility index (Phi) is 5.43. The summed E-state index contributed by atoms with van der Waals surface area (Å²) in [7, 11) is 0. The van der Waals surface area contributed by atoms with Crippen LogP contribution < -0.4 is 10.6 Å². The normalized spacial score (nSPS) is 11.7. The van der Waals surface area contributed by atoms with Gasteiger partial charge in [-0.3, -0.25) is 9.78 Å². The summed E-state index contributed by atoms with van der Waals surface area (Å²) in [5, 5.41) is 6.37. The minimum Gasteiger partial charge on any atom is -0.362 e. The molecule has 0 bridgehead atoms. The highest BCUT2D eigenvalue weighted by atomic mass is 35.5. The Hall–Kier alpha value is -2.99. The molecule has 0 radical (unpaired) electrons. The van der Waals surface area contributed by atoms with E-state index in [0.29, 0.717) is 22.4 Å². The zero-order chi connectivity index (χ0) is 18.5. The number of nitrogens with zero attached hydrogens (tertiary/aromatic N) is 3. The Balaban J connectivity index is 1.72. The van der Waals surface area contributed by atoms with Gasteiger partial charge >= 0.3 is 0 Å². The third-order valence-electron chi connectivity index (χ3n) is 3.78. The SMILES string of the molecule is Cc1cccc(C(=O)Nc2cc([C@H](C)Nc3cncc(Cl)n3)ccn2)c1. The zero-order valence-corrected chi connectivity index (χ0v) is 15.2. The standard InChI is InChI=1S/C19H18ClN5O/c1-12-4-3-5-15(8-12)19(26)25-17-9-14(6-7-22-17)13(2)23-18-11-21-10-16(20)24-18/h3-11,13H,1-2H3,(H,23,24)(H,22,25,26)/t13-/m0/s1. The van der Waals surface area contributed by atoms with Crippen LogP contribution in [0.1, 0.15) is 34.5 Å². The Labute approximate surface area is 156 Å². The molecule has 0 unspecified atom stereocenters. The Morgan fingerprint density at radius 1 is 1.15 bits per heavy atom. The maximum Gasteiger partial charge on any atom is 0.256 e. The number of amides is 1. The van der Waals surface area contributed by atoms with Crippen molar-refractivity contribution in [1.82, 2.24) is 15.0 Å². The first-order valence-electron chi connectivity index (χ1n) is 8.09. The molecule has 26 heavy (non-hydrogen) atoms. The first-order valence-corrected chi connectivity index (χ1v) is 8.47. The average Bonchev–Trinajstić information content (AvgIpc) is 2.62. The first-order chi connectivity index (χ1) is 12.5. The van der Waals surface area contributed by atoms with Gasteiger partial charge in [-0.1, -0.05) is 29.3 Å². The predicted molar refractivity (Wildman–Crippen MR) is 102 cm³/mol. The Bertz CT molecular complexity index is 931. The van der Waals surface area contributed by atoms with Crippen molar-refractivity contribution in [3.05, 3.63) is 76.8 Å². The van der Waals surface area contributed by atoms with Crippen molar-refractivity contribution in [3.8, 4) is 0 Å². The quantitative estimate of drug-likeness (QED) is 0.704. The van der Waals surface area contributed by atoms with Gasteiger partial charge in [0.05, 0.1) is 18.4 Å². The topological polar surface area (TPSA) is 79.8 Å². The molecule has 6 nitrogen and oxygen atoms in total. The third-order valence-corrected chi connectivity index (χ3v) is 3.96. The highest BCUT2D eigenvalue weighted by Gasteiger charge is 2.11. The number of rotatable bonds is 5. The number of hydrogen-bond donors (Lipinski definition) is 2. The van der Waals surface area contributed by atoms with E-state index >= 15 is 0 Å². The van der Waals surface area contributed by atoms with Gasteiger partial charge in [0.2, 0.25) is 0 Å². The van der Waals surface area contributed by atoms with Crippen LogP contribution in [-0.4, -0.2) is 20.9 Å². The predicted octanol–water partition coefficient (Wildman–Crippen LogP) is 4.26. The van der Waals surface area contributed by atoms with Crippen LogP contribution in [0.15, 0.2) is 55.0 Å². The van der Waals surface area contributed by atoms with Gasteiger partial charge < -0.3 is 10.6 Å². The lowest BCUT2D eigenvalue weighted by atomic mass is 10.1. The molecule has 3 rings (SSSR count). The molecule has 1 atom stereocenters. The number of hydrogen-bond acceptors (Lipinski definition) is 5. The van der Waals surface area contributed by atoms with Crippen LogP contribution in [0.2, 0.25) is 5.15 Å². The number of pyridine rings is 1. The summed E-state index contributed by atoms with van der Waals surface area (Å²) in [6, 6.07) is 11.0. The van der Waals surface area contributed by atoms with Crippen LogP contribution in [0.3, 0.4) is 0 Å². The summed E-state index contributed by atoms with van der Waals surface area (Å²) >= 11 is 5.86. The summed E-state index contributed by atoms with van der Waals surface area (Å²) in [6.07, 6.45) is 4.73. The average molecular weight is 368 g/mol. The van der Waals surface area contributed by atoms with E-state index in [2.05, 4.69) is 25.6 Å². The summed E-state index contributed by atoms with van der Waals surface area (Å²) in [5.74, 6) is 0.867. The van der Waals surface area contributed by atoms with Crippen LogP contribution in [0.4, 0.5) is 11.6 Å². The molecule has 1 amide bonds. The van der Waals surface area contributed by atoms with Crippen LogP contribution >= 0.6 is 11.6 Å². The largest absolute Gasteiger partial charge is 0.362 e. The summed E-state index contributed by atoms with van der Waals surface area (Å²) < 4.78 is 0. The van der Waals surface area contributed by atoms with Crippen molar-refractivity contribution >= 4 is 29.1 Å². The summed E-state index contributed by atoms with van der Waals surface area (Å²) in [6.45, 7) is 3.92. The number of anilines is 2. The molecule has 0 spiro atoms. The molecule has 0 fully saturated rings. The van der Waals surface area contributed by atoms with Gasteiger partial charge in [0.1, 0.15) is 16.8 Å². The van der Waals surface area contributed by atoms with Gasteiger partial charge in [-0.15, -0.1) is 0 Å². The van der Waals surface area contributed by atoms with Crippen LogP contribution in [0.5, 0.6) is 0 Å². The second kappa shape index (κ2) is 7.93. The fourth-order valence-corrected chi connectivity index (χ4v) is 2.62. The number of aromatic nitrogens is 3. The zero-order valence-electron chi connectivity index (χ0n) is 14.4. The Morgan fingerprint density at radius 3 is 2.77 bits per heavy atom. The fourth-order valence-electron chi connectivity index (χ4n) is 2.48. The molecule has 0 saturated heterocycles. The minimum atomic E-state index is -0.195. The number of nitrogens with one attached hydrogen (secondary N) is 2. The lowest BCUT2D eigenvalue weighted by molar-refractivity contribution is 0.102. The number of carbonyl (C=O) groups excluding carboxylic acids is 1. The molecule has 2 N–H and O–H groups in total. The molecule has 7 heteroatoms. The summed E-state index contributed by atoms with van der Waals surface area (Å²) in [4.78, 5) is 24.8. The van der Waals surface area contributed by atoms with E-state index in [4.69, 9.17) is 11.6 Å². The molecule has 132 valence electrons. The molecule has 3 aromatic rings. The Morgan fingerprint density at radius 2 is 2.00 bits per heavy atom. The maximum atomic E-state index is 12.4. The third kappa shape index (κ3) is 4.55. The maximum absolute atomic E-state index is 12.4. The van der Waals surface area contributed by atoms with Gasteiger partial charge in [0.15, 0.2) is 0 Å². The van der Waals surface area contributed by atoms with Gasteiger partial charge in [0, 0.05) is 11.8 Å². The number of carbonyl (C=O) groups is 1. The molecule has 1 aromatic carbocycles. The highest BCUT2D eigenvalue weighted by molar-refractivity contribution is 6.29. The van der Waals surface area contributed by atoms with Gasteiger partial charge in [0.25, 0.3) is 5.91 Å². The van der Waals surface area contributed by atoms with Crippen molar-refractivity contribution < 1.29 is 4.79 Å². The van der Waals surface area contributed by atoms with Crippen LogP contribution in [0, 0.1) is 6.92 Å². The smallest absolute Gasteiger partial charge is 0.256 e. The number of aryl methyl sites for hydroxylation is 1. The molecular weight excluding hydrogens is 350 g/mol. The van der Waals surface area contributed by atoms with E-state index in [1.807, 2.05) is 44.2 Å². The molecule has 0 saturated carbocycles. The van der Waals surface area contributed by atoms with Gasteiger partial charge in [-0.25, -0.2) is 9.97 Å². The number of benzene rings is 1. The lowest BCUT2D eigenvalue weighted by Crippen LogP contribution is -2.14. The second-order valence-electron chi connectivity index (χ2n) is 5.89. The van der Waals surface area contributed by atoms with Crippen molar-refractivity contribution in [1.29, 1.82) is 0 Å². The van der Waals surface area contributed by atoms with E-state index < -0.39 is 0 Å². The van der Waals surface area contributed by atoms with Gasteiger partial charge in [-0.05, 0) is 43.7 Å². The molecule has 0 aliphatic carbocycles. The molecule has 0 aliphatic heterocycles. The number of halogens is 1. The van der Waals surface area contributed by atoms with Crippen molar-refractivity contribution in [2.75, 3.05) is 10.6 Å². The lowest BCUT2D eigenvalue weighted by Gasteiger charge is -2.15.